The van der Waals surface area contributed by atoms with E-state index in [-0.39, 0.29) is 33.4 Å². The first-order valence-electron chi connectivity index (χ1n) is 9.28. The molecule has 0 saturated carbocycles. The molecule has 0 unspecified atom stereocenters. The maximum atomic E-state index is 15.0. The quantitative estimate of drug-likeness (QED) is 0.383. The van der Waals surface area contributed by atoms with E-state index in [2.05, 4.69) is 0 Å². The summed E-state index contributed by atoms with van der Waals surface area (Å²) >= 11 is 0. The van der Waals surface area contributed by atoms with Crippen LogP contribution in [0.2, 0.25) is 0 Å². The van der Waals surface area contributed by atoms with Gasteiger partial charge >= 0.3 is 12.4 Å². The minimum Gasteiger partial charge on any atom is -0.169 e. The lowest BCUT2D eigenvalue weighted by Gasteiger charge is -2.55. The van der Waals surface area contributed by atoms with Crippen LogP contribution in [0, 0.1) is 0 Å². The fourth-order valence-corrected chi connectivity index (χ4v) is 5.13. The van der Waals surface area contributed by atoms with E-state index < -0.39 is 23.2 Å². The van der Waals surface area contributed by atoms with Crippen LogP contribution in [-0.4, -0.2) is 12.4 Å². The van der Waals surface area contributed by atoms with Gasteiger partial charge in [0.1, 0.15) is 10.8 Å². The maximum Gasteiger partial charge on any atom is 0.406 e. The summed E-state index contributed by atoms with van der Waals surface area (Å²) in [4.78, 5) is 0. The van der Waals surface area contributed by atoms with Gasteiger partial charge in [-0.2, -0.15) is 26.3 Å². The van der Waals surface area contributed by atoms with Gasteiger partial charge in [0, 0.05) is 0 Å². The van der Waals surface area contributed by atoms with Gasteiger partial charge in [-0.15, -0.1) is 0 Å². The summed E-state index contributed by atoms with van der Waals surface area (Å²) in [5.41, 5.74) is -7.07. The molecule has 0 spiro atoms. The molecule has 0 radical (unpaired) electrons. The monoisotopic (exact) mass is 416 g/mol. The predicted octanol–water partition coefficient (Wildman–Crippen LogP) is 6.79. The van der Waals surface area contributed by atoms with Crippen molar-refractivity contribution in [1.29, 1.82) is 0 Å². The number of benzene rings is 3. The Kier molecular flexibility index (Phi) is 3.65. The first-order chi connectivity index (χ1) is 14.2. The summed E-state index contributed by atoms with van der Waals surface area (Å²) in [7, 11) is 0. The van der Waals surface area contributed by atoms with Crippen LogP contribution in [0.15, 0.2) is 84.9 Å². The minimum absolute atomic E-state index is 0.118. The largest absolute Gasteiger partial charge is 0.406 e. The SMILES string of the molecule is FC(F)(F)C12C=C(c3ccccc3)C(C(F)(F)F)(c3ccccc31)c1ccccc12. The Labute approximate surface area is 168 Å². The Morgan fingerprint density at radius 2 is 0.933 bits per heavy atom. The van der Waals surface area contributed by atoms with E-state index in [0.29, 0.717) is 0 Å². The zero-order valence-electron chi connectivity index (χ0n) is 15.4. The molecule has 0 nitrogen and oxygen atoms in total. The molecule has 30 heavy (non-hydrogen) atoms. The van der Waals surface area contributed by atoms with Gasteiger partial charge in [-0.05, 0) is 33.4 Å². The second-order valence-corrected chi connectivity index (χ2v) is 7.57. The van der Waals surface area contributed by atoms with Crippen molar-refractivity contribution in [2.24, 2.45) is 0 Å². The van der Waals surface area contributed by atoms with Crippen molar-refractivity contribution in [3.63, 3.8) is 0 Å². The molecule has 152 valence electrons. The van der Waals surface area contributed by atoms with Crippen molar-refractivity contribution in [2.45, 2.75) is 23.2 Å². The number of halogens is 6. The van der Waals surface area contributed by atoms with Crippen LogP contribution in [0.25, 0.3) is 5.57 Å². The highest BCUT2D eigenvalue weighted by Gasteiger charge is 2.72. The van der Waals surface area contributed by atoms with Crippen LogP contribution in [0.4, 0.5) is 26.3 Å². The molecule has 6 rings (SSSR count). The van der Waals surface area contributed by atoms with Crippen molar-refractivity contribution in [1.82, 2.24) is 0 Å². The van der Waals surface area contributed by atoms with Crippen LogP contribution >= 0.6 is 0 Å². The summed E-state index contributed by atoms with van der Waals surface area (Å²) < 4.78 is 89.3. The van der Waals surface area contributed by atoms with E-state index in [0.717, 1.165) is 18.2 Å². The molecule has 6 heteroatoms. The predicted molar refractivity (Wildman–Crippen MR) is 101 cm³/mol. The first kappa shape index (κ1) is 19.0. The summed E-state index contributed by atoms with van der Waals surface area (Å²) in [6, 6.07) is 17.6. The van der Waals surface area contributed by atoms with Crippen molar-refractivity contribution < 1.29 is 26.3 Å². The molecular formula is C24H14F6. The van der Waals surface area contributed by atoms with Gasteiger partial charge in [-0.3, -0.25) is 0 Å². The first-order valence-corrected chi connectivity index (χ1v) is 9.28. The molecule has 0 amide bonds. The molecule has 3 aromatic rings. The zero-order chi connectivity index (χ0) is 21.4. The van der Waals surface area contributed by atoms with E-state index in [1.807, 2.05) is 0 Å². The third-order valence-electron chi connectivity index (χ3n) is 6.23. The molecule has 3 aromatic carbocycles. The molecule has 3 aliphatic carbocycles. The Bertz CT molecular complexity index is 1120. The van der Waals surface area contributed by atoms with Crippen LogP contribution in [0.1, 0.15) is 27.8 Å². The van der Waals surface area contributed by atoms with Crippen LogP contribution in [0.5, 0.6) is 0 Å². The second kappa shape index (κ2) is 5.78. The third-order valence-corrected chi connectivity index (χ3v) is 6.23. The van der Waals surface area contributed by atoms with Crippen molar-refractivity contribution in [2.75, 3.05) is 0 Å². The minimum atomic E-state index is -4.86. The van der Waals surface area contributed by atoms with Gasteiger partial charge in [0.25, 0.3) is 0 Å². The molecular weight excluding hydrogens is 402 g/mol. The highest BCUT2D eigenvalue weighted by atomic mass is 19.4. The fourth-order valence-electron chi connectivity index (χ4n) is 5.13. The van der Waals surface area contributed by atoms with Crippen molar-refractivity contribution in [3.05, 3.63) is 113 Å². The normalized spacial score (nSPS) is 24.8. The van der Waals surface area contributed by atoms with E-state index >= 15 is 13.2 Å². The standard InChI is InChI=1S/C24H14F6/c25-23(26,27)21-14-20(15-8-2-1-3-9-15)22(24(28,29)30,18-12-6-4-10-16(18)21)19-13-7-5-11-17(19)21/h1-14H. The molecule has 0 heterocycles. The molecule has 0 saturated heterocycles. The van der Waals surface area contributed by atoms with E-state index in [4.69, 9.17) is 0 Å². The lowest BCUT2D eigenvalue weighted by Crippen LogP contribution is -2.59. The van der Waals surface area contributed by atoms with Gasteiger partial charge < -0.3 is 0 Å². The average Bonchev–Trinajstić information content (AvgIpc) is 2.72. The smallest absolute Gasteiger partial charge is 0.169 e. The van der Waals surface area contributed by atoms with Crippen molar-refractivity contribution in [3.8, 4) is 0 Å². The number of alkyl halides is 6. The molecule has 0 aromatic heterocycles. The molecule has 0 aliphatic heterocycles. The number of hydrogen-bond acceptors (Lipinski definition) is 0. The molecule has 2 bridgehead atoms. The van der Waals surface area contributed by atoms with Crippen molar-refractivity contribution >= 4 is 5.57 Å². The zero-order valence-corrected chi connectivity index (χ0v) is 15.4. The fraction of sp³-hybridized carbons (Fsp3) is 0.167. The lowest BCUT2D eigenvalue weighted by atomic mass is 9.48. The molecule has 0 N–H and O–H groups in total. The number of rotatable bonds is 1. The highest BCUT2D eigenvalue weighted by Crippen LogP contribution is 2.69. The van der Waals surface area contributed by atoms with Gasteiger partial charge in [0.15, 0.2) is 0 Å². The Balaban J connectivity index is 2.05. The third kappa shape index (κ3) is 2.04. The Hall–Kier alpha value is -3.02. The lowest BCUT2D eigenvalue weighted by molar-refractivity contribution is -0.181. The van der Waals surface area contributed by atoms with Crippen LogP contribution in [-0.2, 0) is 10.8 Å². The van der Waals surface area contributed by atoms with Gasteiger partial charge in [0.2, 0.25) is 0 Å². The van der Waals surface area contributed by atoms with E-state index in [1.165, 1.54) is 60.7 Å². The van der Waals surface area contributed by atoms with E-state index in [9.17, 15) is 13.2 Å². The number of hydrogen-bond donors (Lipinski definition) is 0. The summed E-state index contributed by atoms with van der Waals surface area (Å²) in [6.45, 7) is 0. The summed E-state index contributed by atoms with van der Waals surface area (Å²) in [5, 5.41) is 0. The highest BCUT2D eigenvalue weighted by molar-refractivity contribution is 5.90. The van der Waals surface area contributed by atoms with Crippen LogP contribution < -0.4 is 0 Å². The van der Waals surface area contributed by atoms with E-state index in [1.54, 1.807) is 6.07 Å². The summed E-state index contributed by atoms with van der Waals surface area (Å²) in [6.07, 6.45) is -8.91. The second-order valence-electron chi connectivity index (χ2n) is 7.57. The number of allylic oxidation sites excluding steroid dienone is 2. The molecule has 0 atom stereocenters. The summed E-state index contributed by atoms with van der Waals surface area (Å²) in [5.74, 6) is 0. The van der Waals surface area contributed by atoms with Crippen LogP contribution in [0.3, 0.4) is 0 Å². The topological polar surface area (TPSA) is 0 Å². The molecule has 3 aliphatic rings. The van der Waals surface area contributed by atoms with Gasteiger partial charge in [0.05, 0.1) is 0 Å². The maximum absolute atomic E-state index is 15.0. The Morgan fingerprint density at radius 1 is 0.500 bits per heavy atom. The Morgan fingerprint density at radius 3 is 1.37 bits per heavy atom. The molecule has 0 fully saturated rings. The van der Waals surface area contributed by atoms with Gasteiger partial charge in [-0.1, -0.05) is 84.9 Å². The van der Waals surface area contributed by atoms with Gasteiger partial charge in [-0.25, -0.2) is 0 Å². The average molecular weight is 416 g/mol.